The number of amides is 1. The third-order valence-electron chi connectivity index (χ3n) is 6.45. The fourth-order valence-electron chi connectivity index (χ4n) is 4.69. The Labute approximate surface area is 161 Å². The Kier molecular flexibility index (Phi) is 5.53. The quantitative estimate of drug-likeness (QED) is 0.854. The van der Waals surface area contributed by atoms with Crippen LogP contribution in [0.1, 0.15) is 50.5 Å². The number of halogens is 1. The highest BCUT2D eigenvalue weighted by atomic mass is 35.5. The summed E-state index contributed by atoms with van der Waals surface area (Å²) in [6, 6.07) is 8.75. The van der Waals surface area contributed by atoms with E-state index in [1.54, 1.807) is 0 Å². The maximum atomic E-state index is 12.2. The minimum Gasteiger partial charge on any atom is -0.368 e. The fraction of sp³-hybridized carbons (Fsp3) is 0.667. The Morgan fingerprint density at radius 2 is 1.88 bits per heavy atom. The molecule has 0 radical (unpaired) electrons. The molecule has 0 bridgehead atoms. The molecule has 0 unspecified atom stereocenters. The maximum absolute atomic E-state index is 12.2. The van der Waals surface area contributed by atoms with Crippen LogP contribution in [0.4, 0.5) is 0 Å². The Bertz CT molecular complexity index is 615. The topological polar surface area (TPSA) is 41.6 Å². The van der Waals surface area contributed by atoms with Crippen LogP contribution in [0.3, 0.4) is 0 Å². The summed E-state index contributed by atoms with van der Waals surface area (Å²) >= 11 is 6.07. The lowest BCUT2D eigenvalue weighted by atomic mass is 9.64. The molecule has 1 amide bonds. The van der Waals surface area contributed by atoms with E-state index in [1.807, 2.05) is 12.1 Å². The zero-order chi connectivity index (χ0) is 18.0. The third kappa shape index (κ3) is 3.92. The number of ether oxygens (including phenoxy) is 1. The summed E-state index contributed by atoms with van der Waals surface area (Å²) in [7, 11) is 0. The van der Waals surface area contributed by atoms with Crippen LogP contribution in [-0.4, -0.2) is 49.2 Å². The van der Waals surface area contributed by atoms with Crippen molar-refractivity contribution in [1.29, 1.82) is 0 Å². The average molecular weight is 377 g/mol. The first-order valence-corrected chi connectivity index (χ1v) is 10.4. The summed E-state index contributed by atoms with van der Waals surface area (Å²) in [6.45, 7) is 3.97. The Balaban J connectivity index is 1.29. The molecule has 142 valence electrons. The zero-order valence-electron chi connectivity index (χ0n) is 15.4. The molecule has 2 aliphatic heterocycles. The van der Waals surface area contributed by atoms with Crippen molar-refractivity contribution in [1.82, 2.24) is 10.2 Å². The van der Waals surface area contributed by atoms with E-state index < -0.39 is 0 Å². The van der Waals surface area contributed by atoms with Crippen molar-refractivity contribution in [3.63, 3.8) is 0 Å². The lowest BCUT2D eigenvalue weighted by Gasteiger charge is -2.47. The van der Waals surface area contributed by atoms with Crippen LogP contribution in [0.5, 0.6) is 0 Å². The molecule has 0 aromatic heterocycles. The van der Waals surface area contributed by atoms with Gasteiger partial charge in [0.2, 0.25) is 5.91 Å². The second kappa shape index (κ2) is 7.87. The molecule has 3 fully saturated rings. The molecule has 4 rings (SSSR count). The van der Waals surface area contributed by atoms with Gasteiger partial charge < -0.3 is 15.0 Å². The SMILES string of the molecule is O=C(NC1CCN(CC2(c3ccc(Cl)cc3)CCC2)CC1)[C@H]1CCCO1. The summed E-state index contributed by atoms with van der Waals surface area (Å²) in [5.74, 6) is 0.0950. The van der Waals surface area contributed by atoms with E-state index in [1.165, 1.54) is 24.8 Å². The molecule has 1 aliphatic carbocycles. The van der Waals surface area contributed by atoms with Crippen LogP contribution >= 0.6 is 11.6 Å². The van der Waals surface area contributed by atoms with E-state index in [0.717, 1.165) is 56.9 Å². The Morgan fingerprint density at radius 1 is 1.15 bits per heavy atom. The second-order valence-electron chi connectivity index (χ2n) is 8.20. The Hall–Kier alpha value is -1.10. The number of piperidine rings is 1. The van der Waals surface area contributed by atoms with Crippen LogP contribution in [0.2, 0.25) is 5.02 Å². The number of benzene rings is 1. The molecule has 1 N–H and O–H groups in total. The highest BCUT2D eigenvalue weighted by Crippen LogP contribution is 2.44. The van der Waals surface area contributed by atoms with Gasteiger partial charge in [0, 0.05) is 42.7 Å². The van der Waals surface area contributed by atoms with Crippen molar-refractivity contribution in [3.8, 4) is 0 Å². The molecule has 2 heterocycles. The van der Waals surface area contributed by atoms with E-state index in [9.17, 15) is 4.79 Å². The smallest absolute Gasteiger partial charge is 0.249 e. The van der Waals surface area contributed by atoms with Gasteiger partial charge in [-0.2, -0.15) is 0 Å². The number of rotatable bonds is 5. The van der Waals surface area contributed by atoms with E-state index in [2.05, 4.69) is 22.3 Å². The predicted octanol–water partition coefficient (Wildman–Crippen LogP) is 3.52. The molecule has 1 aromatic carbocycles. The van der Waals surface area contributed by atoms with Gasteiger partial charge in [-0.05, 0) is 56.2 Å². The Morgan fingerprint density at radius 3 is 2.46 bits per heavy atom. The van der Waals surface area contributed by atoms with Crippen molar-refractivity contribution in [2.24, 2.45) is 0 Å². The van der Waals surface area contributed by atoms with Gasteiger partial charge in [-0.25, -0.2) is 0 Å². The van der Waals surface area contributed by atoms with E-state index in [-0.39, 0.29) is 12.0 Å². The van der Waals surface area contributed by atoms with Crippen LogP contribution in [-0.2, 0) is 14.9 Å². The summed E-state index contributed by atoms with van der Waals surface area (Å²) in [6.07, 6.45) is 7.59. The average Bonchev–Trinajstić information content (AvgIpc) is 3.15. The molecule has 2 saturated heterocycles. The normalized spacial score (nSPS) is 26.4. The molecule has 3 aliphatic rings. The minimum atomic E-state index is -0.212. The van der Waals surface area contributed by atoms with E-state index >= 15 is 0 Å². The van der Waals surface area contributed by atoms with Crippen LogP contribution < -0.4 is 5.32 Å². The molecule has 5 heteroatoms. The highest BCUT2D eigenvalue weighted by Gasteiger charge is 2.40. The van der Waals surface area contributed by atoms with Crippen LogP contribution in [0, 0.1) is 0 Å². The van der Waals surface area contributed by atoms with Gasteiger partial charge >= 0.3 is 0 Å². The van der Waals surface area contributed by atoms with Gasteiger partial charge in [0.25, 0.3) is 0 Å². The van der Waals surface area contributed by atoms with Crippen LogP contribution in [0.25, 0.3) is 0 Å². The number of likely N-dealkylation sites (tertiary alicyclic amines) is 1. The minimum absolute atomic E-state index is 0.0950. The molecule has 1 aromatic rings. The number of hydrogen-bond donors (Lipinski definition) is 1. The van der Waals surface area contributed by atoms with E-state index in [0.29, 0.717) is 11.5 Å². The third-order valence-corrected chi connectivity index (χ3v) is 6.70. The number of nitrogens with zero attached hydrogens (tertiary/aromatic N) is 1. The number of hydrogen-bond acceptors (Lipinski definition) is 3. The molecule has 1 saturated carbocycles. The summed E-state index contributed by atoms with van der Waals surface area (Å²) in [5, 5.41) is 4.02. The van der Waals surface area contributed by atoms with Crippen molar-refractivity contribution in [2.45, 2.75) is 62.5 Å². The first kappa shape index (κ1) is 18.3. The molecule has 0 spiro atoms. The van der Waals surface area contributed by atoms with Gasteiger partial charge in [0.1, 0.15) is 6.10 Å². The number of nitrogens with one attached hydrogen (secondary N) is 1. The molecule has 4 nitrogen and oxygen atoms in total. The van der Waals surface area contributed by atoms with E-state index in [4.69, 9.17) is 16.3 Å². The summed E-state index contributed by atoms with van der Waals surface area (Å²) in [4.78, 5) is 14.8. The number of carbonyl (C=O) groups excluding carboxylic acids is 1. The highest BCUT2D eigenvalue weighted by molar-refractivity contribution is 6.30. The monoisotopic (exact) mass is 376 g/mol. The fourth-order valence-corrected chi connectivity index (χ4v) is 4.81. The standard InChI is InChI=1S/C21H29ClN2O2/c22-17-6-4-16(5-7-17)21(10-2-11-21)15-24-12-8-18(9-13-24)23-20(25)19-3-1-14-26-19/h4-7,18-19H,1-3,8-15H2,(H,23,25)/t19-/m1/s1. The summed E-state index contributed by atoms with van der Waals surface area (Å²) in [5.41, 5.74) is 1.74. The van der Waals surface area contributed by atoms with Gasteiger partial charge in [0.15, 0.2) is 0 Å². The number of carbonyl (C=O) groups is 1. The van der Waals surface area contributed by atoms with Crippen LogP contribution in [0.15, 0.2) is 24.3 Å². The summed E-state index contributed by atoms with van der Waals surface area (Å²) < 4.78 is 5.49. The maximum Gasteiger partial charge on any atom is 0.249 e. The lowest BCUT2D eigenvalue weighted by Crippen LogP contribution is -2.51. The largest absolute Gasteiger partial charge is 0.368 e. The lowest BCUT2D eigenvalue weighted by molar-refractivity contribution is -0.131. The van der Waals surface area contributed by atoms with Crippen molar-refractivity contribution >= 4 is 17.5 Å². The van der Waals surface area contributed by atoms with Crippen molar-refractivity contribution in [2.75, 3.05) is 26.2 Å². The van der Waals surface area contributed by atoms with Gasteiger partial charge in [-0.1, -0.05) is 30.2 Å². The second-order valence-corrected chi connectivity index (χ2v) is 8.64. The van der Waals surface area contributed by atoms with Crippen molar-refractivity contribution < 1.29 is 9.53 Å². The van der Waals surface area contributed by atoms with Gasteiger partial charge in [0.05, 0.1) is 0 Å². The van der Waals surface area contributed by atoms with Crippen molar-refractivity contribution in [3.05, 3.63) is 34.9 Å². The molecule has 26 heavy (non-hydrogen) atoms. The first-order chi connectivity index (χ1) is 12.6. The zero-order valence-corrected chi connectivity index (χ0v) is 16.1. The van der Waals surface area contributed by atoms with Gasteiger partial charge in [-0.15, -0.1) is 0 Å². The predicted molar refractivity (Wildman–Crippen MR) is 104 cm³/mol. The first-order valence-electron chi connectivity index (χ1n) is 10.1. The van der Waals surface area contributed by atoms with Gasteiger partial charge in [-0.3, -0.25) is 4.79 Å². The molecule has 1 atom stereocenters. The molecular formula is C21H29ClN2O2. The molecular weight excluding hydrogens is 348 g/mol.